The Morgan fingerprint density at radius 2 is 2.09 bits per heavy atom. The van der Waals surface area contributed by atoms with Crippen LogP contribution in [0, 0.1) is 0 Å². The van der Waals surface area contributed by atoms with Gasteiger partial charge in [0.15, 0.2) is 5.36 Å². The first kappa shape index (κ1) is 5.90. The van der Waals surface area contributed by atoms with Gasteiger partial charge in [-0.1, -0.05) is 0 Å². The molecule has 1 aromatic heterocycles. The minimum absolute atomic E-state index is 0.0463. The second kappa shape index (κ2) is 1.82. The normalized spacial score (nSPS) is 13.6. The van der Waals surface area contributed by atoms with Crippen LogP contribution in [0.5, 0.6) is 0 Å². The summed E-state index contributed by atoms with van der Waals surface area (Å²) in [5, 5.41) is 5.87. The number of H-pyrrole nitrogens is 1. The third-order valence-corrected chi connectivity index (χ3v) is 1.23. The fourth-order valence-electron chi connectivity index (χ4n) is 0.796. The lowest BCUT2D eigenvalue weighted by Gasteiger charge is -1.76. The van der Waals surface area contributed by atoms with Crippen LogP contribution in [0.4, 0.5) is 4.79 Å². The molecule has 0 aliphatic carbocycles. The van der Waals surface area contributed by atoms with Crippen molar-refractivity contribution in [3.63, 3.8) is 0 Å². The third kappa shape index (κ3) is 0.759. The molecule has 11 heavy (non-hydrogen) atoms. The Morgan fingerprint density at radius 3 is 2.82 bits per heavy atom. The molecule has 0 fully saturated rings. The molecule has 0 radical (unpaired) electrons. The molecule has 2 rings (SSSR count). The van der Waals surface area contributed by atoms with Gasteiger partial charge in [0.25, 0.3) is 5.56 Å². The molecule has 1 aliphatic rings. The molecule has 54 valence electrons. The summed E-state index contributed by atoms with van der Waals surface area (Å²) in [6.45, 7) is 0. The van der Waals surface area contributed by atoms with Crippen molar-refractivity contribution < 1.29 is 4.79 Å². The van der Waals surface area contributed by atoms with Gasteiger partial charge < -0.3 is 0 Å². The first-order valence-electron chi connectivity index (χ1n) is 2.82. The number of rotatable bonds is 0. The average molecular weight is 150 g/mol. The zero-order valence-corrected chi connectivity index (χ0v) is 5.24. The van der Waals surface area contributed by atoms with Crippen LogP contribution in [0.25, 0.3) is 0 Å². The predicted octanol–water partition coefficient (Wildman–Crippen LogP) is -1.86. The van der Waals surface area contributed by atoms with Crippen LogP contribution in [0.2, 0.25) is 0 Å². The van der Waals surface area contributed by atoms with Gasteiger partial charge in [-0.25, -0.2) is 9.89 Å². The zero-order chi connectivity index (χ0) is 7.84. The van der Waals surface area contributed by atoms with E-state index in [-0.39, 0.29) is 10.7 Å². The molecule has 1 aromatic rings. The van der Waals surface area contributed by atoms with Gasteiger partial charge in [0, 0.05) is 0 Å². The Labute approximate surface area is 59.3 Å². The van der Waals surface area contributed by atoms with Crippen LogP contribution < -0.4 is 16.3 Å². The van der Waals surface area contributed by atoms with Crippen LogP contribution in [0.3, 0.4) is 0 Å². The van der Waals surface area contributed by atoms with E-state index < -0.39 is 11.6 Å². The van der Waals surface area contributed by atoms with Gasteiger partial charge in [-0.15, -0.1) is 0 Å². The maximum Gasteiger partial charge on any atom is 0.368 e. The molecule has 1 aliphatic heterocycles. The fraction of sp³-hybridized carbons (Fsp3) is 0. The molecule has 0 bridgehead atoms. The molecular formula is C5H2N4O2. The van der Waals surface area contributed by atoms with Gasteiger partial charge in [0.1, 0.15) is 5.36 Å². The van der Waals surface area contributed by atoms with E-state index >= 15 is 0 Å². The molecule has 0 saturated heterocycles. The number of nitrogens with zero attached hydrogens (tertiary/aromatic N) is 3. The van der Waals surface area contributed by atoms with Crippen molar-refractivity contribution in [3.8, 4) is 0 Å². The van der Waals surface area contributed by atoms with E-state index in [0.717, 1.165) is 0 Å². The van der Waals surface area contributed by atoms with Gasteiger partial charge in [-0.3, -0.25) is 4.79 Å². The lowest BCUT2D eigenvalue weighted by atomic mass is 10.5. The molecule has 0 spiro atoms. The molecule has 0 aromatic carbocycles. The maximum atomic E-state index is 10.8. The first-order chi connectivity index (χ1) is 5.27. The highest BCUT2D eigenvalue weighted by molar-refractivity contribution is 5.77. The van der Waals surface area contributed by atoms with E-state index in [0.29, 0.717) is 0 Å². The summed E-state index contributed by atoms with van der Waals surface area (Å²) in [5.74, 6) is 0. The lowest BCUT2D eigenvalue weighted by Crippen LogP contribution is -2.39. The second-order valence-electron chi connectivity index (χ2n) is 1.94. The van der Waals surface area contributed by atoms with Crippen molar-refractivity contribution in [2.45, 2.75) is 0 Å². The molecule has 2 heterocycles. The third-order valence-electron chi connectivity index (χ3n) is 1.23. The van der Waals surface area contributed by atoms with Gasteiger partial charge >= 0.3 is 6.03 Å². The van der Waals surface area contributed by atoms with Crippen LogP contribution in [-0.2, 0) is 0 Å². The van der Waals surface area contributed by atoms with E-state index in [1.807, 2.05) is 0 Å². The number of carbonyl (C=O) groups is 1. The largest absolute Gasteiger partial charge is 0.368 e. The Hall–Kier alpha value is -1.85. The molecule has 2 amide bonds. The van der Waals surface area contributed by atoms with Gasteiger partial charge in [0.05, 0.1) is 6.20 Å². The van der Waals surface area contributed by atoms with Crippen LogP contribution in [0.15, 0.2) is 21.0 Å². The van der Waals surface area contributed by atoms with Crippen molar-refractivity contribution in [3.05, 3.63) is 27.3 Å². The number of hydrogen-bond donors (Lipinski definition) is 1. The number of fused-ring (bicyclic) bond motifs is 1. The quantitative estimate of drug-likeness (QED) is 0.470. The lowest BCUT2D eigenvalue weighted by molar-refractivity contribution is 0.256. The van der Waals surface area contributed by atoms with Gasteiger partial charge in [-0.05, 0) is 0 Å². The highest BCUT2D eigenvalue weighted by Crippen LogP contribution is 1.78. The van der Waals surface area contributed by atoms with Gasteiger partial charge in [-0.2, -0.15) is 15.1 Å². The Kier molecular flexibility index (Phi) is 0.974. The second-order valence-corrected chi connectivity index (χ2v) is 1.94. The van der Waals surface area contributed by atoms with E-state index in [4.69, 9.17) is 0 Å². The van der Waals surface area contributed by atoms with Gasteiger partial charge in [0.2, 0.25) is 0 Å². The molecular weight excluding hydrogens is 148 g/mol. The van der Waals surface area contributed by atoms with Crippen LogP contribution in [-0.4, -0.2) is 16.2 Å². The molecule has 6 heteroatoms. The summed E-state index contributed by atoms with van der Waals surface area (Å²) >= 11 is 0. The molecule has 0 unspecified atom stereocenters. The minimum atomic E-state index is -0.654. The predicted molar refractivity (Wildman–Crippen MR) is 32.6 cm³/mol. The van der Waals surface area contributed by atoms with E-state index in [2.05, 4.69) is 20.2 Å². The maximum absolute atomic E-state index is 10.8. The standard InChI is InChI=1S/C5H2N4O2/c10-4-3-2(1-6-9-4)7-5(11)8-3/h1H,(H,9,10). The highest BCUT2D eigenvalue weighted by atomic mass is 16.2. The fourth-order valence-corrected chi connectivity index (χ4v) is 0.796. The van der Waals surface area contributed by atoms with Crippen LogP contribution in [0.1, 0.15) is 0 Å². The summed E-state index contributed by atoms with van der Waals surface area (Å²) in [4.78, 5) is 28.2. The number of amides is 2. The zero-order valence-electron chi connectivity index (χ0n) is 5.24. The first-order valence-corrected chi connectivity index (χ1v) is 2.82. The summed E-state index contributed by atoms with van der Waals surface area (Å²) in [6, 6.07) is -0.654. The monoisotopic (exact) mass is 150 g/mol. The number of nitrogens with one attached hydrogen (secondary N) is 1. The highest BCUT2D eigenvalue weighted by Gasteiger charge is 2.06. The van der Waals surface area contributed by atoms with Crippen molar-refractivity contribution in [1.82, 2.24) is 10.2 Å². The number of aromatic amines is 1. The van der Waals surface area contributed by atoms with Crippen LogP contribution >= 0.6 is 0 Å². The Balaban J connectivity index is 3.10. The Bertz CT molecular complexity index is 486. The number of hydrogen-bond acceptors (Lipinski definition) is 3. The molecule has 6 nitrogen and oxygen atoms in total. The van der Waals surface area contributed by atoms with Crippen molar-refractivity contribution >= 4 is 6.03 Å². The molecule has 1 N–H and O–H groups in total. The summed E-state index contributed by atoms with van der Waals surface area (Å²) < 4.78 is 0. The summed E-state index contributed by atoms with van der Waals surface area (Å²) in [6.07, 6.45) is 1.28. The number of carbonyl (C=O) groups excluding carboxylic acids is 1. The van der Waals surface area contributed by atoms with Crippen molar-refractivity contribution in [1.29, 1.82) is 0 Å². The topological polar surface area (TPSA) is 87.5 Å². The van der Waals surface area contributed by atoms with E-state index in [1.165, 1.54) is 6.20 Å². The van der Waals surface area contributed by atoms with Crippen molar-refractivity contribution in [2.75, 3.05) is 0 Å². The minimum Gasteiger partial charge on any atom is -0.265 e. The van der Waals surface area contributed by atoms with E-state index in [1.54, 1.807) is 0 Å². The van der Waals surface area contributed by atoms with E-state index in [9.17, 15) is 9.59 Å². The molecule has 0 saturated carbocycles. The average Bonchev–Trinajstić information content (AvgIpc) is 2.31. The number of urea groups is 1. The van der Waals surface area contributed by atoms with Crippen molar-refractivity contribution in [2.24, 2.45) is 9.98 Å². The summed E-state index contributed by atoms with van der Waals surface area (Å²) in [5.41, 5.74) is -0.489. The molecule has 0 atom stereocenters. The smallest absolute Gasteiger partial charge is 0.265 e. The number of aromatic nitrogens is 2. The Morgan fingerprint density at radius 1 is 1.27 bits per heavy atom. The SMILES string of the molecule is O=C1N=c2cn[nH]c(=O)c2=N1. The summed E-state index contributed by atoms with van der Waals surface area (Å²) in [7, 11) is 0.